The van der Waals surface area contributed by atoms with Crippen LogP contribution < -0.4 is 20.5 Å². The molecule has 1 heterocycles. The zero-order valence-corrected chi connectivity index (χ0v) is 17.3. The summed E-state index contributed by atoms with van der Waals surface area (Å²) in [5.74, 6) is 1.48. The van der Waals surface area contributed by atoms with Gasteiger partial charge in [-0.3, -0.25) is 0 Å². The maximum Gasteiger partial charge on any atom is 0.364 e. The molecule has 0 aliphatic carbocycles. The van der Waals surface area contributed by atoms with Crippen LogP contribution in [0.2, 0.25) is 0 Å². The zero-order chi connectivity index (χ0) is 21.3. The molecular weight excluding hydrogens is 380 g/mol. The summed E-state index contributed by atoms with van der Waals surface area (Å²) in [5.41, 5.74) is 2.45. The Balaban J connectivity index is 2.00. The number of nitrogens with one attached hydrogen (secondary N) is 1. The van der Waals surface area contributed by atoms with Gasteiger partial charge in [0, 0.05) is 24.2 Å². The normalized spacial score (nSPS) is 10.6. The summed E-state index contributed by atoms with van der Waals surface area (Å²) in [5, 5.41) is 7.88. The molecule has 30 heavy (non-hydrogen) atoms. The average Bonchev–Trinajstić information content (AvgIpc) is 2.80. The topological polar surface area (TPSA) is 78.3 Å². The summed E-state index contributed by atoms with van der Waals surface area (Å²) < 4.78 is 11.9. The molecule has 3 aromatic rings. The van der Waals surface area contributed by atoms with Crippen molar-refractivity contribution >= 4 is 0 Å². The molecule has 1 N–H and O–H groups in total. The van der Waals surface area contributed by atoms with E-state index in [4.69, 9.17) is 9.47 Å². The number of nitrogens with zero attached hydrogens (tertiary/aromatic N) is 3. The van der Waals surface area contributed by atoms with Crippen LogP contribution in [-0.4, -0.2) is 42.1 Å². The summed E-state index contributed by atoms with van der Waals surface area (Å²) in [6.07, 6.45) is 2.56. The molecule has 0 fully saturated rings. The first-order valence-electron chi connectivity index (χ1n) is 9.76. The standard InChI is InChI=1S/C23H26N4O3/c1-4-14-24-15-5-16-27-23(28)25-21(17-6-10-19(29-2)11-7-17)22(26-27)18-8-12-20(30-3)13-9-18/h4,6-13,24H,1,5,14-16H2,2-3H3. The smallest absolute Gasteiger partial charge is 0.364 e. The van der Waals surface area contributed by atoms with Crippen LogP contribution in [-0.2, 0) is 6.54 Å². The molecule has 0 amide bonds. The highest BCUT2D eigenvalue weighted by Gasteiger charge is 2.15. The van der Waals surface area contributed by atoms with E-state index < -0.39 is 0 Å². The van der Waals surface area contributed by atoms with Crippen molar-refractivity contribution < 1.29 is 9.47 Å². The number of methoxy groups -OCH3 is 2. The lowest BCUT2D eigenvalue weighted by molar-refractivity contribution is 0.414. The molecule has 0 aliphatic heterocycles. The first kappa shape index (κ1) is 21.3. The fourth-order valence-electron chi connectivity index (χ4n) is 3.01. The summed E-state index contributed by atoms with van der Waals surface area (Å²) in [7, 11) is 3.24. The Morgan fingerprint density at radius 3 is 2.07 bits per heavy atom. The van der Waals surface area contributed by atoms with Crippen molar-refractivity contribution in [2.24, 2.45) is 0 Å². The van der Waals surface area contributed by atoms with E-state index in [1.807, 2.05) is 48.5 Å². The summed E-state index contributed by atoms with van der Waals surface area (Å²) in [4.78, 5) is 17.0. The molecule has 0 unspecified atom stereocenters. The lowest BCUT2D eigenvalue weighted by Crippen LogP contribution is -2.28. The molecule has 156 valence electrons. The number of hydrogen-bond acceptors (Lipinski definition) is 6. The second-order valence-corrected chi connectivity index (χ2v) is 6.62. The lowest BCUT2D eigenvalue weighted by atomic mass is 10.0. The third kappa shape index (κ3) is 5.12. The summed E-state index contributed by atoms with van der Waals surface area (Å²) in [6.45, 7) is 5.65. The SMILES string of the molecule is C=CCNCCCn1nc(-c2ccc(OC)cc2)c(-c2ccc(OC)cc2)nc1=O. The Morgan fingerprint density at radius 1 is 0.967 bits per heavy atom. The number of benzene rings is 2. The van der Waals surface area contributed by atoms with Crippen molar-refractivity contribution in [3.8, 4) is 34.0 Å². The quantitative estimate of drug-likeness (QED) is 0.412. The predicted octanol–water partition coefficient (Wildman–Crippen LogP) is 3.16. The number of ether oxygens (including phenoxy) is 2. The lowest BCUT2D eigenvalue weighted by Gasteiger charge is -2.12. The fraction of sp³-hybridized carbons (Fsp3) is 0.261. The van der Waals surface area contributed by atoms with Gasteiger partial charge in [-0.15, -0.1) is 6.58 Å². The molecule has 0 radical (unpaired) electrons. The van der Waals surface area contributed by atoms with E-state index in [0.717, 1.165) is 42.1 Å². The first-order valence-corrected chi connectivity index (χ1v) is 9.76. The van der Waals surface area contributed by atoms with Crippen LogP contribution in [0.5, 0.6) is 11.5 Å². The van der Waals surface area contributed by atoms with Crippen LogP contribution >= 0.6 is 0 Å². The van der Waals surface area contributed by atoms with Crippen molar-refractivity contribution in [2.45, 2.75) is 13.0 Å². The highest BCUT2D eigenvalue weighted by Crippen LogP contribution is 2.29. The van der Waals surface area contributed by atoms with Gasteiger partial charge in [-0.1, -0.05) is 6.08 Å². The largest absolute Gasteiger partial charge is 0.497 e. The van der Waals surface area contributed by atoms with Crippen molar-refractivity contribution in [2.75, 3.05) is 27.3 Å². The van der Waals surface area contributed by atoms with Crippen LogP contribution in [0.4, 0.5) is 0 Å². The van der Waals surface area contributed by atoms with Gasteiger partial charge >= 0.3 is 5.69 Å². The number of hydrogen-bond donors (Lipinski definition) is 1. The highest BCUT2D eigenvalue weighted by molar-refractivity contribution is 5.77. The van der Waals surface area contributed by atoms with E-state index in [0.29, 0.717) is 17.9 Å². The maximum atomic E-state index is 12.6. The minimum absolute atomic E-state index is 0.373. The Kier molecular flexibility index (Phi) is 7.34. The van der Waals surface area contributed by atoms with Crippen molar-refractivity contribution in [3.05, 3.63) is 71.7 Å². The molecule has 0 aliphatic rings. The molecular formula is C23H26N4O3. The molecule has 0 bridgehead atoms. The van der Waals surface area contributed by atoms with Crippen molar-refractivity contribution in [1.29, 1.82) is 0 Å². The molecule has 7 heteroatoms. The fourth-order valence-corrected chi connectivity index (χ4v) is 3.01. The van der Waals surface area contributed by atoms with Crippen molar-refractivity contribution in [3.63, 3.8) is 0 Å². The van der Waals surface area contributed by atoms with E-state index in [1.165, 1.54) is 4.68 Å². The van der Waals surface area contributed by atoms with E-state index in [9.17, 15) is 4.79 Å². The Labute approximate surface area is 176 Å². The van der Waals surface area contributed by atoms with Gasteiger partial charge < -0.3 is 14.8 Å². The number of rotatable bonds is 10. The van der Waals surface area contributed by atoms with E-state index in [1.54, 1.807) is 20.3 Å². The average molecular weight is 406 g/mol. The van der Waals surface area contributed by atoms with Gasteiger partial charge in [0.25, 0.3) is 0 Å². The van der Waals surface area contributed by atoms with Gasteiger partial charge in [0.15, 0.2) is 0 Å². The zero-order valence-electron chi connectivity index (χ0n) is 17.3. The summed E-state index contributed by atoms with van der Waals surface area (Å²) >= 11 is 0. The van der Waals surface area contributed by atoms with Gasteiger partial charge in [0.1, 0.15) is 22.9 Å². The second kappa shape index (κ2) is 10.4. The first-order chi connectivity index (χ1) is 14.7. The molecule has 0 atom stereocenters. The monoisotopic (exact) mass is 406 g/mol. The molecule has 0 saturated carbocycles. The Hall–Kier alpha value is -3.45. The Bertz CT molecular complexity index is 1030. The van der Waals surface area contributed by atoms with Gasteiger partial charge in [-0.05, 0) is 61.5 Å². The van der Waals surface area contributed by atoms with Gasteiger partial charge in [-0.2, -0.15) is 10.1 Å². The molecule has 0 saturated heterocycles. The Morgan fingerprint density at radius 2 is 1.53 bits per heavy atom. The second-order valence-electron chi connectivity index (χ2n) is 6.62. The summed E-state index contributed by atoms with van der Waals surface area (Å²) in [6, 6.07) is 15.0. The van der Waals surface area contributed by atoms with E-state index in [-0.39, 0.29) is 5.69 Å². The van der Waals surface area contributed by atoms with Crippen LogP contribution in [0.1, 0.15) is 6.42 Å². The predicted molar refractivity (Wildman–Crippen MR) is 118 cm³/mol. The molecule has 7 nitrogen and oxygen atoms in total. The maximum absolute atomic E-state index is 12.6. The molecule has 3 rings (SSSR count). The van der Waals surface area contributed by atoms with Gasteiger partial charge in [0.05, 0.1) is 14.2 Å². The van der Waals surface area contributed by atoms with Gasteiger partial charge in [-0.25, -0.2) is 9.48 Å². The van der Waals surface area contributed by atoms with Crippen molar-refractivity contribution in [1.82, 2.24) is 20.1 Å². The van der Waals surface area contributed by atoms with E-state index >= 15 is 0 Å². The molecule has 1 aromatic heterocycles. The number of aromatic nitrogens is 3. The minimum Gasteiger partial charge on any atom is -0.497 e. The third-order valence-electron chi connectivity index (χ3n) is 4.61. The molecule has 2 aromatic carbocycles. The highest BCUT2D eigenvalue weighted by atomic mass is 16.5. The van der Waals surface area contributed by atoms with Crippen LogP contribution in [0, 0.1) is 0 Å². The third-order valence-corrected chi connectivity index (χ3v) is 4.61. The van der Waals surface area contributed by atoms with Crippen LogP contribution in [0.25, 0.3) is 22.5 Å². The van der Waals surface area contributed by atoms with E-state index in [2.05, 4.69) is 22.0 Å². The minimum atomic E-state index is -0.373. The van der Waals surface area contributed by atoms with Gasteiger partial charge in [0.2, 0.25) is 0 Å². The molecule has 0 spiro atoms. The van der Waals surface area contributed by atoms with Crippen LogP contribution in [0.3, 0.4) is 0 Å². The number of aryl methyl sites for hydroxylation is 1. The van der Waals surface area contributed by atoms with Crippen LogP contribution in [0.15, 0.2) is 66.0 Å².